The van der Waals surface area contributed by atoms with Crippen LogP contribution in [0.1, 0.15) is 11.1 Å². The van der Waals surface area contributed by atoms with Crippen LogP contribution in [0.2, 0.25) is 0 Å². The third kappa shape index (κ3) is 2.22. The average molecular weight is 330 g/mol. The van der Waals surface area contributed by atoms with Gasteiger partial charge in [-0.2, -0.15) is 0 Å². The third-order valence-electron chi connectivity index (χ3n) is 4.16. The maximum Gasteiger partial charge on any atom is 0.353 e. The Morgan fingerprint density at radius 2 is 1.75 bits per heavy atom. The van der Waals surface area contributed by atoms with Crippen LogP contribution in [-0.2, 0) is 16.8 Å². The molecule has 6 heteroatoms. The largest absolute Gasteiger partial charge is 0.493 e. The zero-order valence-electron chi connectivity index (χ0n) is 13.7. The van der Waals surface area contributed by atoms with Crippen molar-refractivity contribution >= 4 is 5.97 Å². The molecule has 2 aromatic rings. The van der Waals surface area contributed by atoms with Crippen LogP contribution in [0.4, 0.5) is 0 Å². The van der Waals surface area contributed by atoms with Crippen molar-refractivity contribution in [2.75, 3.05) is 21.3 Å². The molecule has 0 aromatic heterocycles. The third-order valence-corrected chi connectivity index (χ3v) is 4.16. The Kier molecular flexibility index (Phi) is 3.97. The van der Waals surface area contributed by atoms with Gasteiger partial charge in [-0.15, -0.1) is 0 Å². The highest BCUT2D eigenvalue weighted by Gasteiger charge is 2.50. The number of benzene rings is 2. The second-order valence-corrected chi connectivity index (χ2v) is 5.41. The number of methoxy groups -OCH3 is 3. The first-order valence-corrected chi connectivity index (χ1v) is 7.37. The normalized spacial score (nSPS) is 18.5. The minimum atomic E-state index is -1.51. The number of hydrogen-bond acceptors (Lipinski definition) is 5. The first-order chi connectivity index (χ1) is 11.6. The Morgan fingerprint density at radius 1 is 1.08 bits per heavy atom. The Hall–Kier alpha value is -2.89. The van der Waals surface area contributed by atoms with Crippen molar-refractivity contribution in [3.63, 3.8) is 0 Å². The number of carboxylic acids is 1. The van der Waals surface area contributed by atoms with Gasteiger partial charge in [0, 0.05) is 17.5 Å². The molecular weight excluding hydrogens is 312 g/mol. The molecule has 1 atom stereocenters. The smallest absolute Gasteiger partial charge is 0.353 e. The van der Waals surface area contributed by atoms with Crippen molar-refractivity contribution in [3.8, 4) is 23.0 Å². The molecule has 1 heterocycles. The van der Waals surface area contributed by atoms with Crippen LogP contribution in [0, 0.1) is 0 Å². The predicted octanol–water partition coefficient (Wildman–Crippen LogP) is 2.63. The highest BCUT2D eigenvalue weighted by Crippen LogP contribution is 2.53. The highest BCUT2D eigenvalue weighted by molar-refractivity contribution is 5.83. The van der Waals surface area contributed by atoms with Crippen molar-refractivity contribution in [3.05, 3.63) is 47.5 Å². The molecule has 0 bridgehead atoms. The van der Waals surface area contributed by atoms with Crippen molar-refractivity contribution in [2.45, 2.75) is 12.0 Å². The van der Waals surface area contributed by atoms with Crippen LogP contribution >= 0.6 is 0 Å². The fourth-order valence-corrected chi connectivity index (χ4v) is 3.01. The first-order valence-electron chi connectivity index (χ1n) is 7.37. The lowest BCUT2D eigenvalue weighted by molar-refractivity contribution is -0.154. The zero-order chi connectivity index (χ0) is 17.3. The van der Waals surface area contributed by atoms with E-state index in [4.69, 9.17) is 18.9 Å². The molecule has 2 aromatic carbocycles. The summed E-state index contributed by atoms with van der Waals surface area (Å²) < 4.78 is 22.0. The summed E-state index contributed by atoms with van der Waals surface area (Å²) in [6, 6.07) is 10.6. The summed E-state index contributed by atoms with van der Waals surface area (Å²) in [7, 11) is 4.48. The fourth-order valence-electron chi connectivity index (χ4n) is 3.01. The van der Waals surface area contributed by atoms with Gasteiger partial charge in [0.2, 0.25) is 17.1 Å². The number of ether oxygens (including phenoxy) is 4. The van der Waals surface area contributed by atoms with Gasteiger partial charge < -0.3 is 24.1 Å². The molecule has 0 aliphatic carbocycles. The van der Waals surface area contributed by atoms with Gasteiger partial charge in [-0.1, -0.05) is 30.3 Å². The Morgan fingerprint density at radius 3 is 2.29 bits per heavy atom. The minimum absolute atomic E-state index is 0.165. The molecule has 6 nitrogen and oxygen atoms in total. The van der Waals surface area contributed by atoms with E-state index in [0.717, 1.165) is 0 Å². The lowest BCUT2D eigenvalue weighted by Gasteiger charge is -2.24. The quantitative estimate of drug-likeness (QED) is 0.908. The van der Waals surface area contributed by atoms with Crippen molar-refractivity contribution in [1.29, 1.82) is 0 Å². The second kappa shape index (κ2) is 5.96. The number of aliphatic carboxylic acids is 1. The van der Waals surface area contributed by atoms with Gasteiger partial charge in [-0.25, -0.2) is 4.79 Å². The zero-order valence-corrected chi connectivity index (χ0v) is 13.7. The van der Waals surface area contributed by atoms with Crippen molar-refractivity contribution < 1.29 is 28.8 Å². The maximum atomic E-state index is 12.1. The molecule has 126 valence electrons. The molecule has 1 aliphatic heterocycles. The van der Waals surface area contributed by atoms with Crippen LogP contribution in [0.3, 0.4) is 0 Å². The molecule has 0 radical (unpaired) electrons. The van der Waals surface area contributed by atoms with E-state index in [9.17, 15) is 9.90 Å². The van der Waals surface area contributed by atoms with E-state index in [-0.39, 0.29) is 6.42 Å². The molecule has 1 unspecified atom stereocenters. The number of carboxylic acid groups (broad SMARTS) is 1. The standard InChI is InChI=1S/C18H18O6/c1-21-13-9-11-10-18(17(19)20,12-7-5-4-6-8-12)24-14(11)16(23-3)15(13)22-2/h4-9H,10H2,1-3H3,(H,19,20). The summed E-state index contributed by atoms with van der Waals surface area (Å²) in [4.78, 5) is 12.1. The highest BCUT2D eigenvalue weighted by atomic mass is 16.6. The molecule has 3 rings (SSSR count). The average Bonchev–Trinajstić information content (AvgIpc) is 3.01. The first kappa shape index (κ1) is 16.0. The van der Waals surface area contributed by atoms with Gasteiger partial charge in [0.05, 0.1) is 21.3 Å². The van der Waals surface area contributed by atoms with Gasteiger partial charge in [0.15, 0.2) is 11.5 Å². The summed E-state index contributed by atoms with van der Waals surface area (Å²) in [5, 5.41) is 9.88. The number of rotatable bonds is 5. The van der Waals surface area contributed by atoms with E-state index in [0.29, 0.717) is 34.1 Å². The van der Waals surface area contributed by atoms with E-state index in [1.54, 1.807) is 30.3 Å². The van der Waals surface area contributed by atoms with E-state index >= 15 is 0 Å². The Balaban J connectivity index is 2.18. The van der Waals surface area contributed by atoms with Crippen molar-refractivity contribution in [2.24, 2.45) is 0 Å². The van der Waals surface area contributed by atoms with E-state index in [2.05, 4.69) is 0 Å². The van der Waals surface area contributed by atoms with Crippen LogP contribution in [0.25, 0.3) is 0 Å². The molecule has 0 fully saturated rings. The van der Waals surface area contributed by atoms with Gasteiger partial charge in [0.25, 0.3) is 0 Å². The maximum absolute atomic E-state index is 12.1. The van der Waals surface area contributed by atoms with E-state index in [1.165, 1.54) is 21.3 Å². The van der Waals surface area contributed by atoms with Gasteiger partial charge in [-0.05, 0) is 6.07 Å². The molecule has 0 saturated heterocycles. The molecule has 0 saturated carbocycles. The fraction of sp³-hybridized carbons (Fsp3) is 0.278. The van der Waals surface area contributed by atoms with Crippen molar-refractivity contribution in [1.82, 2.24) is 0 Å². The van der Waals surface area contributed by atoms with Gasteiger partial charge >= 0.3 is 5.97 Å². The Bertz CT molecular complexity index is 771. The summed E-state index contributed by atoms with van der Waals surface area (Å²) in [6.07, 6.45) is 0.165. The number of fused-ring (bicyclic) bond motifs is 1. The molecule has 24 heavy (non-hydrogen) atoms. The lowest BCUT2D eigenvalue weighted by atomic mass is 9.89. The van der Waals surface area contributed by atoms with Crippen LogP contribution in [0.15, 0.2) is 36.4 Å². The van der Waals surface area contributed by atoms with Crippen LogP contribution in [-0.4, -0.2) is 32.4 Å². The minimum Gasteiger partial charge on any atom is -0.493 e. The van der Waals surface area contributed by atoms with Crippen LogP contribution in [0.5, 0.6) is 23.0 Å². The SMILES string of the molecule is COc1cc2c(c(OC)c1OC)OC(C(=O)O)(c1ccccc1)C2. The van der Waals surface area contributed by atoms with Gasteiger partial charge in [-0.3, -0.25) is 0 Å². The van der Waals surface area contributed by atoms with E-state index in [1.807, 2.05) is 6.07 Å². The summed E-state index contributed by atoms with van der Waals surface area (Å²) in [5.41, 5.74) is -0.252. The molecule has 0 amide bonds. The molecule has 0 spiro atoms. The number of carbonyl (C=O) groups is 1. The predicted molar refractivity (Wildman–Crippen MR) is 86.2 cm³/mol. The second-order valence-electron chi connectivity index (χ2n) is 5.41. The van der Waals surface area contributed by atoms with Gasteiger partial charge in [0.1, 0.15) is 0 Å². The van der Waals surface area contributed by atoms with Crippen LogP contribution < -0.4 is 18.9 Å². The summed E-state index contributed by atoms with van der Waals surface area (Å²) in [5.74, 6) is 0.455. The molecule has 1 aliphatic rings. The molecular formula is C18H18O6. The van der Waals surface area contributed by atoms with E-state index < -0.39 is 11.6 Å². The lowest BCUT2D eigenvalue weighted by Crippen LogP contribution is -2.40. The topological polar surface area (TPSA) is 74.2 Å². The monoisotopic (exact) mass is 330 g/mol. The summed E-state index contributed by atoms with van der Waals surface area (Å²) >= 11 is 0. The Labute approximate surface area is 139 Å². The number of hydrogen-bond donors (Lipinski definition) is 1. The summed E-state index contributed by atoms with van der Waals surface area (Å²) in [6.45, 7) is 0. The molecule has 1 N–H and O–H groups in total.